The number of carbonyl (C=O) groups is 1. The van der Waals surface area contributed by atoms with Crippen molar-refractivity contribution in [3.63, 3.8) is 0 Å². The summed E-state index contributed by atoms with van der Waals surface area (Å²) in [5.41, 5.74) is 0.845. The molecule has 2 saturated heterocycles. The zero-order valence-electron chi connectivity index (χ0n) is 20.0. The molecule has 0 radical (unpaired) electrons. The first-order valence-corrected chi connectivity index (χ1v) is 13.3. The molecule has 3 atom stereocenters. The van der Waals surface area contributed by atoms with Crippen molar-refractivity contribution in [1.29, 1.82) is 0 Å². The SMILES string of the molecule is CCN(CC)S(=O)(=O)c1ccc(C(C)NC(=O)NCC(C2CCOC2)N2CCOCC2)cc1. The molecule has 10 heteroatoms. The van der Waals surface area contributed by atoms with E-state index in [4.69, 9.17) is 9.47 Å². The van der Waals surface area contributed by atoms with Gasteiger partial charge in [0.1, 0.15) is 0 Å². The molecule has 2 heterocycles. The third kappa shape index (κ3) is 6.66. The average Bonchev–Trinajstić information content (AvgIpc) is 3.35. The summed E-state index contributed by atoms with van der Waals surface area (Å²) in [6.07, 6.45) is 1.00. The highest BCUT2D eigenvalue weighted by Gasteiger charge is 2.32. The predicted octanol–water partition coefficient (Wildman–Crippen LogP) is 1.81. The maximum atomic E-state index is 12.7. The van der Waals surface area contributed by atoms with E-state index in [-0.39, 0.29) is 23.0 Å². The van der Waals surface area contributed by atoms with E-state index in [1.54, 1.807) is 24.3 Å². The van der Waals surface area contributed by atoms with Gasteiger partial charge in [0.15, 0.2) is 0 Å². The summed E-state index contributed by atoms with van der Waals surface area (Å²) in [6, 6.07) is 6.45. The minimum atomic E-state index is -3.49. The van der Waals surface area contributed by atoms with Crippen LogP contribution in [-0.4, -0.2) is 88.8 Å². The van der Waals surface area contributed by atoms with Crippen molar-refractivity contribution in [2.75, 3.05) is 59.2 Å². The normalized spacial score (nSPS) is 21.6. The number of carbonyl (C=O) groups excluding carboxylic acids is 1. The largest absolute Gasteiger partial charge is 0.381 e. The van der Waals surface area contributed by atoms with Crippen molar-refractivity contribution in [2.45, 2.75) is 44.2 Å². The molecular formula is C23H38N4O5S. The Bertz CT molecular complexity index is 848. The Morgan fingerprint density at radius 2 is 1.79 bits per heavy atom. The van der Waals surface area contributed by atoms with Crippen LogP contribution in [0.4, 0.5) is 4.79 Å². The topological polar surface area (TPSA) is 100 Å². The van der Waals surface area contributed by atoms with E-state index >= 15 is 0 Å². The average molecular weight is 483 g/mol. The van der Waals surface area contributed by atoms with Gasteiger partial charge in [0.2, 0.25) is 10.0 Å². The Labute approximate surface area is 197 Å². The van der Waals surface area contributed by atoms with E-state index < -0.39 is 10.0 Å². The molecule has 2 aliphatic rings. The Balaban J connectivity index is 1.56. The standard InChI is InChI=1S/C23H38N4O5S/c1-4-27(5-2)33(29,30)21-8-6-19(7-9-21)18(3)25-23(28)24-16-22(20-10-13-32-17-20)26-11-14-31-15-12-26/h6-9,18,20,22H,4-5,10-17H2,1-3H3,(H2,24,25,28). The van der Waals surface area contributed by atoms with Crippen molar-refractivity contribution in [3.8, 4) is 0 Å². The second-order valence-electron chi connectivity index (χ2n) is 8.57. The molecule has 2 aliphatic heterocycles. The zero-order chi connectivity index (χ0) is 23.8. The molecule has 3 unspecified atom stereocenters. The molecule has 1 aromatic carbocycles. The van der Waals surface area contributed by atoms with Gasteiger partial charge >= 0.3 is 6.03 Å². The second-order valence-corrected chi connectivity index (χ2v) is 10.5. The van der Waals surface area contributed by atoms with Crippen LogP contribution in [0.1, 0.15) is 38.8 Å². The van der Waals surface area contributed by atoms with Crippen LogP contribution in [0.3, 0.4) is 0 Å². The summed E-state index contributed by atoms with van der Waals surface area (Å²) in [5.74, 6) is 0.404. The molecule has 3 rings (SSSR count). The summed E-state index contributed by atoms with van der Waals surface area (Å²) in [5, 5.41) is 6.00. The number of ether oxygens (including phenoxy) is 2. The number of nitrogens with one attached hydrogen (secondary N) is 2. The highest BCUT2D eigenvalue weighted by molar-refractivity contribution is 7.89. The lowest BCUT2D eigenvalue weighted by Gasteiger charge is -2.37. The molecule has 186 valence electrons. The molecule has 2 amide bonds. The van der Waals surface area contributed by atoms with Gasteiger partial charge in [-0.15, -0.1) is 0 Å². The third-order valence-electron chi connectivity index (χ3n) is 6.57. The fourth-order valence-electron chi connectivity index (χ4n) is 4.53. The molecule has 0 spiro atoms. The lowest BCUT2D eigenvalue weighted by Crippen LogP contribution is -2.53. The van der Waals surface area contributed by atoms with Crippen molar-refractivity contribution >= 4 is 16.1 Å². The van der Waals surface area contributed by atoms with Crippen LogP contribution in [0.25, 0.3) is 0 Å². The summed E-state index contributed by atoms with van der Waals surface area (Å²) in [7, 11) is -3.49. The first kappa shape index (κ1) is 25.9. The molecule has 1 aromatic rings. The van der Waals surface area contributed by atoms with Crippen LogP contribution in [0.2, 0.25) is 0 Å². The number of benzene rings is 1. The van der Waals surface area contributed by atoms with Crippen LogP contribution in [-0.2, 0) is 19.5 Å². The van der Waals surface area contributed by atoms with Gasteiger partial charge in [-0.1, -0.05) is 26.0 Å². The Kier molecular flexibility index (Phi) is 9.51. The molecule has 9 nitrogen and oxygen atoms in total. The Morgan fingerprint density at radius 1 is 1.12 bits per heavy atom. The molecule has 2 fully saturated rings. The summed E-state index contributed by atoms with van der Waals surface area (Å²) in [6.45, 7) is 11.6. The minimum absolute atomic E-state index is 0.224. The van der Waals surface area contributed by atoms with Crippen molar-refractivity contribution in [1.82, 2.24) is 19.8 Å². The van der Waals surface area contributed by atoms with Gasteiger partial charge in [-0.05, 0) is 31.0 Å². The number of morpholine rings is 1. The highest BCUT2D eigenvalue weighted by Crippen LogP contribution is 2.22. The van der Waals surface area contributed by atoms with Gasteiger partial charge in [0.05, 0.1) is 30.8 Å². The molecule has 0 bridgehead atoms. The molecule has 0 aromatic heterocycles. The van der Waals surface area contributed by atoms with Crippen LogP contribution in [0.5, 0.6) is 0 Å². The van der Waals surface area contributed by atoms with Gasteiger partial charge in [0, 0.05) is 51.3 Å². The maximum absolute atomic E-state index is 12.7. The first-order chi connectivity index (χ1) is 15.9. The zero-order valence-corrected chi connectivity index (χ0v) is 20.8. The molecule has 0 saturated carbocycles. The highest BCUT2D eigenvalue weighted by atomic mass is 32.2. The number of hydrogen-bond acceptors (Lipinski definition) is 6. The second kappa shape index (κ2) is 12.1. The summed E-state index contributed by atoms with van der Waals surface area (Å²) < 4.78 is 37.8. The Hall–Kier alpha value is -1.72. The first-order valence-electron chi connectivity index (χ1n) is 11.9. The molecular weight excluding hydrogens is 444 g/mol. The lowest BCUT2D eigenvalue weighted by atomic mass is 9.97. The van der Waals surface area contributed by atoms with Gasteiger partial charge in [-0.3, -0.25) is 4.90 Å². The fourth-order valence-corrected chi connectivity index (χ4v) is 5.99. The van der Waals surface area contributed by atoms with Gasteiger partial charge in [0.25, 0.3) is 0 Å². The van der Waals surface area contributed by atoms with Crippen molar-refractivity contribution < 1.29 is 22.7 Å². The van der Waals surface area contributed by atoms with Crippen molar-refractivity contribution in [2.24, 2.45) is 5.92 Å². The number of nitrogens with zero attached hydrogens (tertiary/aromatic N) is 2. The third-order valence-corrected chi connectivity index (χ3v) is 8.63. The number of urea groups is 1. The fraction of sp³-hybridized carbons (Fsp3) is 0.696. The van der Waals surface area contributed by atoms with Crippen molar-refractivity contribution in [3.05, 3.63) is 29.8 Å². The van der Waals surface area contributed by atoms with E-state index in [1.807, 2.05) is 20.8 Å². The molecule has 33 heavy (non-hydrogen) atoms. The maximum Gasteiger partial charge on any atom is 0.315 e. The van der Waals surface area contributed by atoms with E-state index in [9.17, 15) is 13.2 Å². The van der Waals surface area contributed by atoms with E-state index in [1.165, 1.54) is 4.31 Å². The van der Waals surface area contributed by atoms with E-state index in [2.05, 4.69) is 15.5 Å². The number of amides is 2. The minimum Gasteiger partial charge on any atom is -0.381 e. The smallest absolute Gasteiger partial charge is 0.315 e. The number of hydrogen-bond donors (Lipinski definition) is 2. The van der Waals surface area contributed by atoms with Crippen LogP contribution >= 0.6 is 0 Å². The van der Waals surface area contributed by atoms with E-state index in [0.29, 0.717) is 38.8 Å². The van der Waals surface area contributed by atoms with E-state index in [0.717, 1.165) is 38.3 Å². The quantitative estimate of drug-likeness (QED) is 0.528. The van der Waals surface area contributed by atoms with Crippen LogP contribution in [0, 0.1) is 5.92 Å². The summed E-state index contributed by atoms with van der Waals surface area (Å²) >= 11 is 0. The molecule has 2 N–H and O–H groups in total. The monoisotopic (exact) mass is 482 g/mol. The van der Waals surface area contributed by atoms with Gasteiger partial charge < -0.3 is 20.1 Å². The Morgan fingerprint density at radius 3 is 2.36 bits per heavy atom. The number of rotatable bonds is 10. The van der Waals surface area contributed by atoms with Crippen LogP contribution in [0.15, 0.2) is 29.2 Å². The number of sulfonamides is 1. The molecule has 0 aliphatic carbocycles. The predicted molar refractivity (Wildman–Crippen MR) is 127 cm³/mol. The summed E-state index contributed by atoms with van der Waals surface area (Å²) in [4.78, 5) is 15.3. The van der Waals surface area contributed by atoms with Gasteiger partial charge in [-0.25, -0.2) is 13.2 Å². The lowest BCUT2D eigenvalue weighted by molar-refractivity contribution is 0.00211. The van der Waals surface area contributed by atoms with Crippen LogP contribution < -0.4 is 10.6 Å². The van der Waals surface area contributed by atoms with Gasteiger partial charge in [-0.2, -0.15) is 4.31 Å².